The van der Waals surface area contributed by atoms with Crippen molar-refractivity contribution in [2.45, 2.75) is 25.2 Å². The lowest BCUT2D eigenvalue weighted by Gasteiger charge is -2.26. The number of aliphatic hydroxyl groups excluding tert-OH is 1. The number of carbonyl (C=O) groups excluding carboxylic acids is 1. The molecule has 8 heteroatoms. The lowest BCUT2D eigenvalue weighted by atomic mass is 10.1. The molecule has 0 radical (unpaired) electrons. The topological polar surface area (TPSA) is 48.1 Å². The molecule has 118 valence electrons. The summed E-state index contributed by atoms with van der Waals surface area (Å²) in [7, 11) is 1.51. The second-order valence-electron chi connectivity index (χ2n) is 5.15. The van der Waals surface area contributed by atoms with Gasteiger partial charge in [0.25, 0.3) is 0 Å². The number of nitrogens with zero attached hydrogens (tertiary/aromatic N) is 3. The fourth-order valence-electron chi connectivity index (χ4n) is 2.43. The molecule has 1 N–H and O–H groups in total. The Morgan fingerprint density at radius 1 is 1.45 bits per heavy atom. The van der Waals surface area contributed by atoms with Crippen molar-refractivity contribution in [2.75, 3.05) is 18.5 Å². The highest BCUT2D eigenvalue weighted by Crippen LogP contribution is 2.39. The van der Waals surface area contributed by atoms with Crippen molar-refractivity contribution in [2.24, 2.45) is 0 Å². The van der Waals surface area contributed by atoms with Crippen LogP contribution in [-0.2, 0) is 6.18 Å². The van der Waals surface area contributed by atoms with Gasteiger partial charge in [-0.25, -0.2) is 9.64 Å². The van der Waals surface area contributed by atoms with Crippen LogP contribution in [0.2, 0.25) is 0 Å². The molecule has 1 heterocycles. The minimum absolute atomic E-state index is 0.0139. The standard InChI is InChI=1S/C14H14F3N3O2/c1-8(21)12-7-19(3)13(22)20(12)9-4-5-11(18-2)10(6-9)14(15,16)17/h4-6,8,12,21H,7H2,1,3H3/t8-,12+/m0/s1. The average molecular weight is 313 g/mol. The van der Waals surface area contributed by atoms with Crippen molar-refractivity contribution in [3.05, 3.63) is 35.2 Å². The van der Waals surface area contributed by atoms with Gasteiger partial charge in [0, 0.05) is 19.3 Å². The van der Waals surface area contributed by atoms with Crippen molar-refractivity contribution in [3.8, 4) is 0 Å². The maximum absolute atomic E-state index is 13.0. The molecule has 1 aliphatic heterocycles. The highest BCUT2D eigenvalue weighted by atomic mass is 19.4. The average Bonchev–Trinajstić information content (AvgIpc) is 2.73. The van der Waals surface area contributed by atoms with Gasteiger partial charge in [0.15, 0.2) is 5.69 Å². The van der Waals surface area contributed by atoms with Crippen molar-refractivity contribution >= 4 is 17.4 Å². The first kappa shape index (κ1) is 16.1. The Hall–Kier alpha value is -2.27. The van der Waals surface area contributed by atoms with Crippen LogP contribution in [0.4, 0.5) is 29.3 Å². The van der Waals surface area contributed by atoms with Gasteiger partial charge in [-0.3, -0.25) is 4.90 Å². The predicted octanol–water partition coefficient (Wildman–Crippen LogP) is 2.88. The first-order chi connectivity index (χ1) is 10.2. The van der Waals surface area contributed by atoms with Crippen LogP contribution in [0.15, 0.2) is 18.2 Å². The molecule has 0 saturated carbocycles. The highest BCUT2D eigenvalue weighted by Gasteiger charge is 2.40. The lowest BCUT2D eigenvalue weighted by molar-refractivity contribution is -0.136. The van der Waals surface area contributed by atoms with Gasteiger partial charge in [-0.15, -0.1) is 0 Å². The van der Waals surface area contributed by atoms with Crippen LogP contribution in [0.5, 0.6) is 0 Å². The molecule has 0 unspecified atom stereocenters. The second-order valence-corrected chi connectivity index (χ2v) is 5.15. The molecule has 1 aliphatic rings. The number of halogens is 3. The summed E-state index contributed by atoms with van der Waals surface area (Å²) < 4.78 is 39.1. The minimum Gasteiger partial charge on any atom is -0.391 e. The molecule has 2 amide bonds. The van der Waals surface area contributed by atoms with Gasteiger partial charge < -0.3 is 10.0 Å². The van der Waals surface area contributed by atoms with E-state index in [0.29, 0.717) is 0 Å². The third kappa shape index (κ3) is 2.72. The van der Waals surface area contributed by atoms with E-state index in [2.05, 4.69) is 4.85 Å². The zero-order valence-electron chi connectivity index (χ0n) is 11.9. The summed E-state index contributed by atoms with van der Waals surface area (Å²) in [6.45, 7) is 8.51. The van der Waals surface area contributed by atoms with Gasteiger partial charge in [0.2, 0.25) is 0 Å². The molecule has 0 aliphatic carbocycles. The summed E-state index contributed by atoms with van der Waals surface area (Å²) in [6, 6.07) is 1.97. The van der Waals surface area contributed by atoms with Crippen molar-refractivity contribution in [1.29, 1.82) is 0 Å². The number of aliphatic hydroxyl groups is 1. The Kier molecular flexibility index (Phi) is 4.02. The Labute approximate surface area is 125 Å². The van der Waals surface area contributed by atoms with Gasteiger partial charge in [-0.2, -0.15) is 13.2 Å². The molecule has 1 aromatic carbocycles. The Morgan fingerprint density at radius 2 is 2.09 bits per heavy atom. The van der Waals surface area contributed by atoms with Gasteiger partial charge in [-0.1, -0.05) is 6.07 Å². The molecule has 1 saturated heterocycles. The van der Waals surface area contributed by atoms with Crippen LogP contribution < -0.4 is 4.90 Å². The van der Waals surface area contributed by atoms with E-state index in [1.807, 2.05) is 0 Å². The number of amides is 2. The number of likely N-dealkylation sites (N-methyl/N-ethyl adjacent to an activating group) is 1. The number of anilines is 1. The van der Waals surface area contributed by atoms with Gasteiger partial charge in [0.1, 0.15) is 0 Å². The number of urea groups is 1. The summed E-state index contributed by atoms with van der Waals surface area (Å²) in [5.74, 6) is 0. The van der Waals surface area contributed by atoms with Crippen LogP contribution in [-0.4, -0.2) is 41.8 Å². The fourth-order valence-corrected chi connectivity index (χ4v) is 2.43. The first-order valence-corrected chi connectivity index (χ1v) is 6.48. The molecular weight excluding hydrogens is 299 g/mol. The molecule has 1 aromatic rings. The number of alkyl halides is 3. The zero-order valence-corrected chi connectivity index (χ0v) is 11.9. The van der Waals surface area contributed by atoms with E-state index in [4.69, 9.17) is 6.57 Å². The van der Waals surface area contributed by atoms with Crippen LogP contribution in [0.3, 0.4) is 0 Å². The van der Waals surface area contributed by atoms with Crippen molar-refractivity contribution in [1.82, 2.24) is 4.90 Å². The first-order valence-electron chi connectivity index (χ1n) is 6.48. The van der Waals surface area contributed by atoms with E-state index in [0.717, 1.165) is 17.0 Å². The number of hydrogen-bond donors (Lipinski definition) is 1. The number of carbonyl (C=O) groups is 1. The second kappa shape index (κ2) is 5.50. The zero-order chi connectivity index (χ0) is 16.7. The number of rotatable bonds is 2. The number of benzene rings is 1. The molecular formula is C14H14F3N3O2. The van der Waals surface area contributed by atoms with Gasteiger partial charge in [-0.05, 0) is 19.1 Å². The van der Waals surface area contributed by atoms with Crippen LogP contribution >= 0.6 is 0 Å². The molecule has 22 heavy (non-hydrogen) atoms. The maximum Gasteiger partial charge on any atom is 0.407 e. The monoisotopic (exact) mass is 313 g/mol. The maximum atomic E-state index is 13.0. The highest BCUT2D eigenvalue weighted by molar-refractivity contribution is 5.95. The summed E-state index contributed by atoms with van der Waals surface area (Å²) in [5, 5.41) is 9.76. The van der Waals surface area contributed by atoms with Crippen molar-refractivity contribution < 1.29 is 23.1 Å². The van der Waals surface area contributed by atoms with E-state index in [-0.39, 0.29) is 12.2 Å². The van der Waals surface area contributed by atoms with Gasteiger partial charge >= 0.3 is 12.2 Å². The molecule has 2 rings (SSSR count). The summed E-state index contributed by atoms with van der Waals surface area (Å²) in [4.78, 5) is 17.5. The van der Waals surface area contributed by atoms with Crippen LogP contribution in [0.1, 0.15) is 12.5 Å². The summed E-state index contributed by atoms with van der Waals surface area (Å²) in [5.41, 5.74) is -1.60. The lowest BCUT2D eigenvalue weighted by Crippen LogP contribution is -2.41. The molecule has 5 nitrogen and oxygen atoms in total. The summed E-state index contributed by atoms with van der Waals surface area (Å²) in [6.07, 6.45) is -5.59. The third-order valence-corrected chi connectivity index (χ3v) is 3.57. The van der Waals surface area contributed by atoms with E-state index < -0.39 is 35.6 Å². The normalized spacial score (nSPS) is 20.2. The van der Waals surface area contributed by atoms with Crippen molar-refractivity contribution in [3.63, 3.8) is 0 Å². The molecule has 0 spiro atoms. The Bertz CT molecular complexity index is 637. The quantitative estimate of drug-likeness (QED) is 0.854. The fraction of sp³-hybridized carbons (Fsp3) is 0.429. The number of hydrogen-bond acceptors (Lipinski definition) is 2. The van der Waals surface area contributed by atoms with E-state index in [9.17, 15) is 23.1 Å². The molecule has 0 aromatic heterocycles. The molecule has 0 bridgehead atoms. The van der Waals surface area contributed by atoms with E-state index in [1.54, 1.807) is 0 Å². The van der Waals surface area contributed by atoms with Crippen LogP contribution in [0.25, 0.3) is 4.85 Å². The van der Waals surface area contributed by atoms with E-state index >= 15 is 0 Å². The smallest absolute Gasteiger partial charge is 0.391 e. The Balaban J connectivity index is 2.53. The SMILES string of the molecule is [C-]#[N+]c1ccc(N2C(=O)N(C)C[C@@H]2[C@H](C)O)cc1C(F)(F)F. The van der Waals surface area contributed by atoms with Crippen LogP contribution in [0, 0.1) is 6.57 Å². The Morgan fingerprint density at radius 3 is 2.59 bits per heavy atom. The third-order valence-electron chi connectivity index (χ3n) is 3.57. The summed E-state index contributed by atoms with van der Waals surface area (Å²) >= 11 is 0. The predicted molar refractivity (Wildman–Crippen MR) is 73.7 cm³/mol. The minimum atomic E-state index is -4.69. The largest absolute Gasteiger partial charge is 0.407 e. The van der Waals surface area contributed by atoms with Gasteiger partial charge in [0.05, 0.1) is 24.3 Å². The van der Waals surface area contributed by atoms with E-state index in [1.165, 1.54) is 24.9 Å². The molecule has 2 atom stereocenters. The molecule has 1 fully saturated rings.